The van der Waals surface area contributed by atoms with E-state index in [-0.39, 0.29) is 33.8 Å². The number of hydrogen-bond acceptors (Lipinski definition) is 10. The van der Waals surface area contributed by atoms with Gasteiger partial charge in [-0.3, -0.25) is 0 Å². The highest BCUT2D eigenvalue weighted by atomic mass is 16.5. The standard InChI is InChI=1S/C20H22O10/c1-9-3-11(22)5-13(23)18(9)20(28)30-12-4-10(2)17(14(24)6-12)19(27)29-8-16(26)15(25)7-21/h3-6,15-16,21-26H,7-8H2,1-2H3/t15-,16+/m0/s1. The van der Waals surface area contributed by atoms with Crippen LogP contribution in [0.4, 0.5) is 0 Å². The number of rotatable bonds is 7. The molecule has 0 aliphatic rings. The smallest absolute Gasteiger partial charge is 0.347 e. The van der Waals surface area contributed by atoms with E-state index in [1.54, 1.807) is 0 Å². The van der Waals surface area contributed by atoms with Gasteiger partial charge in [-0.15, -0.1) is 0 Å². The highest BCUT2D eigenvalue weighted by Crippen LogP contribution is 2.31. The monoisotopic (exact) mass is 422 g/mol. The molecule has 10 heteroatoms. The number of benzene rings is 2. The highest BCUT2D eigenvalue weighted by molar-refractivity contribution is 5.97. The number of hydrogen-bond donors (Lipinski definition) is 6. The zero-order valence-corrected chi connectivity index (χ0v) is 16.2. The molecule has 0 amide bonds. The van der Waals surface area contributed by atoms with Gasteiger partial charge in [-0.2, -0.15) is 0 Å². The maximum atomic E-state index is 12.4. The first-order chi connectivity index (χ1) is 14.0. The molecule has 0 bridgehead atoms. The molecule has 2 atom stereocenters. The lowest BCUT2D eigenvalue weighted by Gasteiger charge is -2.16. The summed E-state index contributed by atoms with van der Waals surface area (Å²) >= 11 is 0. The molecule has 30 heavy (non-hydrogen) atoms. The number of aromatic hydroxyl groups is 3. The number of aryl methyl sites for hydroxylation is 2. The van der Waals surface area contributed by atoms with Crippen LogP contribution in [0.1, 0.15) is 31.8 Å². The van der Waals surface area contributed by atoms with Crippen molar-refractivity contribution in [3.8, 4) is 23.0 Å². The van der Waals surface area contributed by atoms with E-state index in [4.69, 9.17) is 14.6 Å². The second-order valence-corrected chi connectivity index (χ2v) is 6.60. The zero-order chi connectivity index (χ0) is 22.6. The molecule has 10 nitrogen and oxygen atoms in total. The fraction of sp³-hybridized carbons (Fsp3) is 0.300. The third-order valence-electron chi connectivity index (χ3n) is 4.22. The lowest BCUT2D eigenvalue weighted by atomic mass is 10.1. The van der Waals surface area contributed by atoms with Gasteiger partial charge in [0.25, 0.3) is 0 Å². The first kappa shape index (κ1) is 22.9. The summed E-state index contributed by atoms with van der Waals surface area (Å²) < 4.78 is 9.97. The van der Waals surface area contributed by atoms with Crippen LogP contribution in [0.3, 0.4) is 0 Å². The van der Waals surface area contributed by atoms with E-state index in [2.05, 4.69) is 0 Å². The fourth-order valence-corrected chi connectivity index (χ4v) is 2.70. The van der Waals surface area contributed by atoms with Crippen LogP contribution in [0.2, 0.25) is 0 Å². The second kappa shape index (κ2) is 9.44. The van der Waals surface area contributed by atoms with Gasteiger partial charge >= 0.3 is 11.9 Å². The number of ether oxygens (including phenoxy) is 2. The van der Waals surface area contributed by atoms with Gasteiger partial charge in [0, 0.05) is 12.1 Å². The molecule has 0 saturated carbocycles. The minimum Gasteiger partial charge on any atom is -0.508 e. The Labute approximate surface area is 171 Å². The average molecular weight is 422 g/mol. The summed E-state index contributed by atoms with van der Waals surface area (Å²) in [5.41, 5.74) is 0.0305. The van der Waals surface area contributed by atoms with Crippen molar-refractivity contribution < 1.29 is 49.7 Å². The molecule has 6 N–H and O–H groups in total. The van der Waals surface area contributed by atoms with Crippen molar-refractivity contribution >= 4 is 11.9 Å². The molecule has 0 radical (unpaired) electrons. The summed E-state index contributed by atoms with van der Waals surface area (Å²) in [5, 5.41) is 57.0. The first-order valence-electron chi connectivity index (χ1n) is 8.77. The van der Waals surface area contributed by atoms with Crippen LogP contribution < -0.4 is 4.74 Å². The lowest BCUT2D eigenvalue weighted by molar-refractivity contribution is -0.0468. The SMILES string of the molecule is Cc1cc(OC(=O)c2c(C)cc(O)cc2O)cc(O)c1C(=O)OC[C@@H](O)[C@@H](O)CO. The summed E-state index contributed by atoms with van der Waals surface area (Å²) in [5.74, 6) is -3.34. The summed E-state index contributed by atoms with van der Waals surface area (Å²) in [6.45, 7) is 1.59. The van der Waals surface area contributed by atoms with Crippen LogP contribution in [0, 0.1) is 13.8 Å². The van der Waals surface area contributed by atoms with Crippen LogP contribution >= 0.6 is 0 Å². The molecule has 162 valence electrons. The van der Waals surface area contributed by atoms with Gasteiger partial charge in [0.1, 0.15) is 52.9 Å². The Hall–Kier alpha value is -3.34. The quantitative estimate of drug-likeness (QED) is 0.272. The molecule has 0 aliphatic carbocycles. The maximum absolute atomic E-state index is 12.4. The highest BCUT2D eigenvalue weighted by Gasteiger charge is 2.23. The van der Waals surface area contributed by atoms with Crippen molar-refractivity contribution in [2.24, 2.45) is 0 Å². The van der Waals surface area contributed by atoms with Gasteiger partial charge in [-0.1, -0.05) is 0 Å². The van der Waals surface area contributed by atoms with E-state index in [9.17, 15) is 35.1 Å². The van der Waals surface area contributed by atoms with Crippen molar-refractivity contribution in [3.05, 3.63) is 46.5 Å². The number of phenolic OH excluding ortho intramolecular Hbond substituents is 3. The molecular weight excluding hydrogens is 400 g/mol. The molecule has 0 saturated heterocycles. The number of carbonyl (C=O) groups excluding carboxylic acids is 2. The maximum Gasteiger partial charge on any atom is 0.347 e. The van der Waals surface area contributed by atoms with Crippen LogP contribution in [0.5, 0.6) is 23.0 Å². The van der Waals surface area contributed by atoms with Crippen molar-refractivity contribution in [2.45, 2.75) is 26.1 Å². The molecular formula is C20H22O10. The van der Waals surface area contributed by atoms with Crippen LogP contribution in [0.25, 0.3) is 0 Å². The predicted octanol–water partition coefficient (Wildman–Crippen LogP) is 0.510. The van der Waals surface area contributed by atoms with Crippen molar-refractivity contribution in [1.29, 1.82) is 0 Å². The summed E-state index contributed by atoms with van der Waals surface area (Å²) in [6.07, 6.45) is -3.00. The zero-order valence-electron chi connectivity index (χ0n) is 16.2. The van der Waals surface area contributed by atoms with Gasteiger partial charge in [-0.05, 0) is 37.1 Å². The number of phenols is 3. The third-order valence-corrected chi connectivity index (χ3v) is 4.22. The minimum atomic E-state index is -1.51. The van der Waals surface area contributed by atoms with Crippen LogP contribution in [0.15, 0.2) is 24.3 Å². The molecule has 0 aromatic heterocycles. The van der Waals surface area contributed by atoms with Crippen molar-refractivity contribution in [1.82, 2.24) is 0 Å². The molecule has 0 aliphatic heterocycles. The average Bonchev–Trinajstić information content (AvgIpc) is 2.63. The summed E-state index contributed by atoms with van der Waals surface area (Å²) in [7, 11) is 0. The van der Waals surface area contributed by atoms with E-state index in [1.807, 2.05) is 0 Å². The number of esters is 2. The van der Waals surface area contributed by atoms with E-state index in [0.29, 0.717) is 0 Å². The minimum absolute atomic E-state index is 0.117. The Kier molecular flexibility index (Phi) is 7.22. The second-order valence-electron chi connectivity index (χ2n) is 6.60. The van der Waals surface area contributed by atoms with E-state index in [0.717, 1.165) is 12.1 Å². The Morgan fingerprint density at radius 2 is 1.43 bits per heavy atom. The molecule has 0 fully saturated rings. The fourth-order valence-electron chi connectivity index (χ4n) is 2.70. The number of carbonyl (C=O) groups is 2. The topological polar surface area (TPSA) is 174 Å². The molecule has 2 aromatic rings. The van der Waals surface area contributed by atoms with Gasteiger partial charge in [0.2, 0.25) is 0 Å². The predicted molar refractivity (Wildman–Crippen MR) is 102 cm³/mol. The van der Waals surface area contributed by atoms with Gasteiger partial charge in [0.05, 0.1) is 6.61 Å². The molecule has 0 heterocycles. The Bertz CT molecular complexity index is 907. The normalized spacial score (nSPS) is 12.8. The largest absolute Gasteiger partial charge is 0.508 e. The van der Waals surface area contributed by atoms with Gasteiger partial charge < -0.3 is 40.1 Å². The summed E-state index contributed by atoms with van der Waals surface area (Å²) in [6, 6.07) is 4.52. The first-order valence-corrected chi connectivity index (χ1v) is 8.77. The van der Waals surface area contributed by atoms with Crippen LogP contribution in [-0.4, -0.2) is 68.0 Å². The Morgan fingerprint density at radius 3 is 2.00 bits per heavy atom. The van der Waals surface area contributed by atoms with Crippen LogP contribution in [-0.2, 0) is 4.74 Å². The van der Waals surface area contributed by atoms with Crippen molar-refractivity contribution in [3.63, 3.8) is 0 Å². The van der Waals surface area contributed by atoms with Crippen molar-refractivity contribution in [2.75, 3.05) is 13.2 Å². The number of aliphatic hydroxyl groups excluding tert-OH is 3. The Morgan fingerprint density at radius 1 is 0.867 bits per heavy atom. The van der Waals surface area contributed by atoms with E-state index >= 15 is 0 Å². The lowest BCUT2D eigenvalue weighted by Crippen LogP contribution is -2.34. The van der Waals surface area contributed by atoms with E-state index < -0.39 is 48.9 Å². The Balaban J connectivity index is 2.18. The van der Waals surface area contributed by atoms with Gasteiger partial charge in [0.15, 0.2) is 0 Å². The summed E-state index contributed by atoms with van der Waals surface area (Å²) in [4.78, 5) is 24.5. The van der Waals surface area contributed by atoms with Gasteiger partial charge in [-0.25, -0.2) is 9.59 Å². The molecule has 0 spiro atoms. The molecule has 2 aromatic carbocycles. The molecule has 0 unspecified atom stereocenters. The molecule has 2 rings (SSSR count). The third kappa shape index (κ3) is 5.17. The van der Waals surface area contributed by atoms with E-state index in [1.165, 1.54) is 26.0 Å². The number of aliphatic hydroxyl groups is 3.